The van der Waals surface area contributed by atoms with E-state index < -0.39 is 17.9 Å². The van der Waals surface area contributed by atoms with Crippen molar-refractivity contribution in [1.29, 1.82) is 0 Å². The lowest BCUT2D eigenvalue weighted by molar-refractivity contribution is -0.143. The van der Waals surface area contributed by atoms with E-state index in [2.05, 4.69) is 62.0 Å². The number of nitrogens with one attached hydrogen (secondary N) is 2. The molecule has 11 nitrogen and oxygen atoms in total. The smallest absolute Gasteiger partial charge is 0.347 e. The van der Waals surface area contributed by atoms with Gasteiger partial charge in [0.05, 0.1) is 24.4 Å². The fraction of sp³-hybridized carbons (Fsp3) is 0.286. The van der Waals surface area contributed by atoms with Crippen molar-refractivity contribution in [2.24, 2.45) is 0 Å². The van der Waals surface area contributed by atoms with Gasteiger partial charge in [-0.05, 0) is 40.3 Å². The van der Waals surface area contributed by atoms with Gasteiger partial charge in [0.1, 0.15) is 12.4 Å². The standard InChI is InChI=1S/C35H35N7O4/c1-2-3-13-30-36-27-18-28-32(43)31(35(45)46-21-23-9-5-4-6-10-23)34(44)42(28)20-29(27)41(30)19-22-14-16-24(17-15-22)25-11-7-8-12-26(25)33-37-39-40-38-33/h4-12,14-17,28,30,36,43H,2-3,13,18-21H2,1H3,(H,37,38,39,40). The molecule has 4 aromatic rings. The number of amides is 1. The van der Waals surface area contributed by atoms with Gasteiger partial charge in [-0.25, -0.2) is 4.79 Å². The van der Waals surface area contributed by atoms with Crippen molar-refractivity contribution in [3.63, 3.8) is 0 Å². The Morgan fingerprint density at radius 1 is 1.00 bits per heavy atom. The summed E-state index contributed by atoms with van der Waals surface area (Å²) in [6.07, 6.45) is 3.54. The number of carbonyl (C=O) groups is 2. The predicted molar refractivity (Wildman–Crippen MR) is 170 cm³/mol. The number of benzene rings is 3. The molecule has 0 fully saturated rings. The molecule has 0 saturated carbocycles. The SMILES string of the molecule is CCCCC1NC2=C(CN3C(=O)C(C(=O)OCc4ccccc4)=C(O)C3C2)N1Cc1ccc(-c2ccccc2-c2nn[nH]n2)cc1. The van der Waals surface area contributed by atoms with Crippen molar-refractivity contribution >= 4 is 11.9 Å². The summed E-state index contributed by atoms with van der Waals surface area (Å²) in [5, 5.41) is 29.3. The van der Waals surface area contributed by atoms with Crippen molar-refractivity contribution in [2.45, 2.75) is 58.0 Å². The molecule has 3 aliphatic rings. The average molecular weight is 618 g/mol. The minimum atomic E-state index is -0.799. The van der Waals surface area contributed by atoms with Crippen molar-refractivity contribution in [3.8, 4) is 22.5 Å². The highest BCUT2D eigenvalue weighted by molar-refractivity contribution is 6.18. The Balaban J connectivity index is 1.09. The van der Waals surface area contributed by atoms with Crippen LogP contribution in [0.15, 0.2) is 102 Å². The first-order valence-electron chi connectivity index (χ1n) is 15.6. The molecule has 0 saturated heterocycles. The van der Waals surface area contributed by atoms with Crippen LogP contribution in [0.1, 0.15) is 43.7 Å². The highest BCUT2D eigenvalue weighted by atomic mass is 16.5. The predicted octanol–water partition coefficient (Wildman–Crippen LogP) is 4.84. The zero-order valence-corrected chi connectivity index (χ0v) is 25.5. The number of H-pyrrole nitrogens is 1. The first kappa shape index (κ1) is 29.3. The van der Waals surface area contributed by atoms with E-state index in [9.17, 15) is 14.7 Å². The summed E-state index contributed by atoms with van der Waals surface area (Å²) in [7, 11) is 0. The fourth-order valence-corrected chi connectivity index (χ4v) is 6.55. The molecule has 0 radical (unpaired) electrons. The lowest BCUT2D eigenvalue weighted by atomic mass is 9.98. The third kappa shape index (κ3) is 5.48. The maximum Gasteiger partial charge on any atom is 0.347 e. The van der Waals surface area contributed by atoms with E-state index in [1.807, 2.05) is 54.6 Å². The molecule has 11 heteroatoms. The fourth-order valence-electron chi connectivity index (χ4n) is 6.55. The van der Waals surface area contributed by atoms with Gasteiger partial charge < -0.3 is 25.0 Å². The van der Waals surface area contributed by atoms with Gasteiger partial charge in [-0.1, -0.05) is 92.2 Å². The van der Waals surface area contributed by atoms with Crippen LogP contribution in [0.3, 0.4) is 0 Å². The third-order valence-electron chi connectivity index (χ3n) is 8.93. The molecule has 3 aliphatic heterocycles. The summed E-state index contributed by atoms with van der Waals surface area (Å²) in [5.74, 6) is -0.959. The number of aliphatic hydroxyl groups is 1. The molecular weight excluding hydrogens is 582 g/mol. The first-order valence-corrected chi connectivity index (χ1v) is 15.6. The molecule has 0 bridgehead atoms. The van der Waals surface area contributed by atoms with Gasteiger partial charge in [-0.2, -0.15) is 5.21 Å². The van der Waals surface area contributed by atoms with Crippen LogP contribution in [0.5, 0.6) is 0 Å². The maximum absolute atomic E-state index is 13.5. The van der Waals surface area contributed by atoms with Gasteiger partial charge in [0, 0.05) is 24.2 Å². The zero-order valence-electron chi connectivity index (χ0n) is 25.5. The van der Waals surface area contributed by atoms with Crippen LogP contribution in [0.25, 0.3) is 22.5 Å². The van der Waals surface area contributed by atoms with Crippen molar-refractivity contribution < 1.29 is 19.4 Å². The molecule has 2 unspecified atom stereocenters. The Morgan fingerprint density at radius 3 is 2.50 bits per heavy atom. The van der Waals surface area contributed by atoms with Gasteiger partial charge in [0.2, 0.25) is 5.82 Å². The largest absolute Gasteiger partial charge is 0.509 e. The topological polar surface area (TPSA) is 137 Å². The maximum atomic E-state index is 13.5. The summed E-state index contributed by atoms with van der Waals surface area (Å²) in [4.78, 5) is 30.4. The second-order valence-electron chi connectivity index (χ2n) is 11.8. The molecule has 3 aromatic carbocycles. The van der Waals surface area contributed by atoms with Gasteiger partial charge in [0.15, 0.2) is 5.57 Å². The Kier molecular flexibility index (Phi) is 7.96. The number of hydrogen-bond acceptors (Lipinski definition) is 9. The van der Waals surface area contributed by atoms with Crippen LogP contribution in [0.4, 0.5) is 0 Å². The monoisotopic (exact) mass is 617 g/mol. The number of esters is 1. The molecule has 46 heavy (non-hydrogen) atoms. The summed E-state index contributed by atoms with van der Waals surface area (Å²) in [5.41, 5.74) is 6.64. The van der Waals surface area contributed by atoms with E-state index in [-0.39, 0.29) is 24.1 Å². The minimum absolute atomic E-state index is 0.0269. The molecule has 1 amide bonds. The number of aromatic nitrogens is 4. The van der Waals surface area contributed by atoms with Crippen LogP contribution in [0, 0.1) is 0 Å². The second-order valence-corrected chi connectivity index (χ2v) is 11.8. The van der Waals surface area contributed by atoms with E-state index in [1.165, 1.54) is 0 Å². The number of fused-ring (bicyclic) bond motifs is 1. The van der Waals surface area contributed by atoms with Gasteiger partial charge >= 0.3 is 5.97 Å². The normalized spacial score (nSPS) is 18.9. The molecule has 3 N–H and O–H groups in total. The Hall–Kier alpha value is -5.45. The number of tetrazole rings is 1. The number of ether oxygens (including phenoxy) is 1. The number of unbranched alkanes of at least 4 members (excludes halogenated alkanes) is 1. The summed E-state index contributed by atoms with van der Waals surface area (Å²) in [6, 6.07) is 25.1. The Bertz CT molecular complexity index is 1800. The highest BCUT2D eigenvalue weighted by Crippen LogP contribution is 2.39. The molecule has 7 rings (SSSR count). The highest BCUT2D eigenvalue weighted by Gasteiger charge is 2.49. The van der Waals surface area contributed by atoms with Gasteiger partial charge in [-0.15, -0.1) is 10.2 Å². The molecule has 4 heterocycles. The molecular formula is C35H35N7O4. The van der Waals surface area contributed by atoms with Crippen molar-refractivity contribution in [2.75, 3.05) is 6.54 Å². The Morgan fingerprint density at radius 2 is 1.76 bits per heavy atom. The van der Waals surface area contributed by atoms with Crippen LogP contribution in [-0.2, 0) is 27.5 Å². The summed E-state index contributed by atoms with van der Waals surface area (Å²) >= 11 is 0. The van der Waals surface area contributed by atoms with Crippen LogP contribution in [0.2, 0.25) is 0 Å². The Labute approximate surface area is 266 Å². The lowest BCUT2D eigenvalue weighted by Gasteiger charge is -2.34. The number of aromatic amines is 1. The molecule has 0 aliphatic carbocycles. The average Bonchev–Trinajstić information content (AvgIpc) is 3.80. The number of aliphatic hydroxyl groups excluding tert-OH is 1. The van der Waals surface area contributed by atoms with Gasteiger partial charge in [0.25, 0.3) is 5.91 Å². The third-order valence-corrected chi connectivity index (χ3v) is 8.93. The molecule has 1 aromatic heterocycles. The molecule has 234 valence electrons. The van der Waals surface area contributed by atoms with Crippen molar-refractivity contribution in [1.82, 2.24) is 35.7 Å². The van der Waals surface area contributed by atoms with Crippen LogP contribution in [-0.4, -0.2) is 66.2 Å². The van der Waals surface area contributed by atoms with E-state index in [1.54, 1.807) is 4.90 Å². The number of nitrogens with zero attached hydrogens (tertiary/aromatic N) is 5. The van der Waals surface area contributed by atoms with Gasteiger partial charge in [-0.3, -0.25) is 4.79 Å². The van der Waals surface area contributed by atoms with E-state index in [0.717, 1.165) is 58.5 Å². The van der Waals surface area contributed by atoms with Crippen LogP contribution >= 0.6 is 0 Å². The quantitative estimate of drug-likeness (QED) is 0.169. The number of rotatable bonds is 10. The number of carbonyl (C=O) groups excluding carboxylic acids is 2. The van der Waals surface area contributed by atoms with E-state index in [0.29, 0.717) is 25.3 Å². The number of hydrogen-bond donors (Lipinski definition) is 3. The van der Waals surface area contributed by atoms with Crippen LogP contribution < -0.4 is 5.32 Å². The molecule has 2 atom stereocenters. The molecule has 0 spiro atoms. The minimum Gasteiger partial charge on any atom is -0.509 e. The lowest BCUT2D eigenvalue weighted by Crippen LogP contribution is -2.43. The summed E-state index contributed by atoms with van der Waals surface area (Å²) < 4.78 is 5.43. The van der Waals surface area contributed by atoms with Crippen molar-refractivity contribution in [3.05, 3.63) is 113 Å². The first-order chi connectivity index (χ1) is 22.5. The van der Waals surface area contributed by atoms with E-state index >= 15 is 0 Å². The zero-order chi connectivity index (χ0) is 31.6. The van der Waals surface area contributed by atoms with E-state index in [4.69, 9.17) is 4.74 Å². The second kappa shape index (κ2) is 12.5. The summed E-state index contributed by atoms with van der Waals surface area (Å²) in [6.45, 7) is 3.14.